The molecule has 2 amide bonds. The van der Waals surface area contributed by atoms with Gasteiger partial charge in [0, 0.05) is 13.1 Å². The molecule has 0 radical (unpaired) electrons. The van der Waals surface area contributed by atoms with Gasteiger partial charge in [-0.1, -0.05) is 44.2 Å². The molecule has 2 aromatic carbocycles. The van der Waals surface area contributed by atoms with Crippen molar-refractivity contribution in [3.05, 3.63) is 65.5 Å². The summed E-state index contributed by atoms with van der Waals surface area (Å²) in [5.74, 6) is -1.08. The highest BCUT2D eigenvalue weighted by atomic mass is 32.2. The smallest absolute Gasteiger partial charge is 0.244 e. The molecule has 0 fully saturated rings. The van der Waals surface area contributed by atoms with Gasteiger partial charge < -0.3 is 10.2 Å². The average molecular weight is 478 g/mol. The lowest BCUT2D eigenvalue weighted by Crippen LogP contribution is -2.51. The van der Waals surface area contributed by atoms with Gasteiger partial charge in [0.05, 0.1) is 11.9 Å². The summed E-state index contributed by atoms with van der Waals surface area (Å²) >= 11 is 0. The first-order valence-electron chi connectivity index (χ1n) is 10.7. The number of anilines is 1. The van der Waals surface area contributed by atoms with E-state index in [4.69, 9.17) is 0 Å². The average Bonchev–Trinajstić information content (AvgIpc) is 2.74. The molecule has 1 N–H and O–H groups in total. The predicted molar refractivity (Wildman–Crippen MR) is 128 cm³/mol. The van der Waals surface area contributed by atoms with Crippen LogP contribution in [0.5, 0.6) is 0 Å². The van der Waals surface area contributed by atoms with Crippen molar-refractivity contribution in [3.8, 4) is 0 Å². The van der Waals surface area contributed by atoms with Gasteiger partial charge >= 0.3 is 0 Å². The SMILES string of the molecule is Cc1ccccc1N(CC(=O)N(Cc1ccc(F)cc1)[C@@H](C)C(=O)NCC(C)C)S(C)(=O)=O. The Balaban J connectivity index is 2.36. The summed E-state index contributed by atoms with van der Waals surface area (Å²) in [7, 11) is -3.78. The van der Waals surface area contributed by atoms with E-state index in [-0.39, 0.29) is 18.4 Å². The molecule has 0 bridgehead atoms. The van der Waals surface area contributed by atoms with Gasteiger partial charge in [0.15, 0.2) is 0 Å². The predicted octanol–water partition coefficient (Wildman–Crippen LogP) is 3.09. The van der Waals surface area contributed by atoms with Crippen LogP contribution in [0, 0.1) is 18.7 Å². The lowest BCUT2D eigenvalue weighted by molar-refractivity contribution is -0.139. The molecule has 0 saturated carbocycles. The standard InChI is InChI=1S/C24H32FN3O4S/c1-17(2)14-26-24(30)19(4)27(15-20-10-12-21(25)13-11-20)23(29)16-28(33(5,31)32)22-9-7-6-8-18(22)3/h6-13,17,19H,14-16H2,1-5H3,(H,26,30)/t19-/m0/s1. The van der Waals surface area contributed by atoms with Crippen molar-refractivity contribution >= 4 is 27.5 Å². The third-order valence-corrected chi connectivity index (χ3v) is 6.31. The molecule has 0 aliphatic carbocycles. The molecule has 0 aliphatic heterocycles. The molecule has 7 nitrogen and oxygen atoms in total. The number of nitrogens with zero attached hydrogens (tertiary/aromatic N) is 2. The molecule has 180 valence electrons. The number of para-hydroxylation sites is 1. The van der Waals surface area contributed by atoms with Crippen LogP contribution in [0.4, 0.5) is 10.1 Å². The fourth-order valence-corrected chi connectivity index (χ4v) is 4.17. The summed E-state index contributed by atoms with van der Waals surface area (Å²) in [5, 5.41) is 2.81. The number of amides is 2. The molecule has 0 aliphatic rings. The van der Waals surface area contributed by atoms with Gasteiger partial charge in [-0.2, -0.15) is 0 Å². The van der Waals surface area contributed by atoms with E-state index >= 15 is 0 Å². The highest BCUT2D eigenvalue weighted by molar-refractivity contribution is 7.92. The first-order chi connectivity index (χ1) is 15.4. The van der Waals surface area contributed by atoms with Crippen molar-refractivity contribution in [1.82, 2.24) is 10.2 Å². The van der Waals surface area contributed by atoms with Gasteiger partial charge in [0.1, 0.15) is 18.4 Å². The third kappa shape index (κ3) is 7.56. The number of benzene rings is 2. The minimum absolute atomic E-state index is 0.0285. The number of hydrogen-bond acceptors (Lipinski definition) is 4. The highest BCUT2D eigenvalue weighted by Gasteiger charge is 2.30. The van der Waals surface area contributed by atoms with Crippen molar-refractivity contribution in [2.45, 2.75) is 40.3 Å². The Hall–Kier alpha value is -2.94. The van der Waals surface area contributed by atoms with E-state index in [1.54, 1.807) is 38.1 Å². The molecule has 2 aromatic rings. The number of carbonyl (C=O) groups excluding carboxylic acids is 2. The van der Waals surface area contributed by atoms with E-state index in [0.717, 1.165) is 10.6 Å². The molecule has 1 atom stereocenters. The summed E-state index contributed by atoms with van der Waals surface area (Å²) < 4.78 is 39.5. The van der Waals surface area contributed by atoms with Crippen LogP contribution in [0.1, 0.15) is 31.9 Å². The van der Waals surface area contributed by atoms with Gasteiger partial charge in [-0.05, 0) is 49.1 Å². The number of carbonyl (C=O) groups is 2. The molecular formula is C24H32FN3O4S. The summed E-state index contributed by atoms with van der Waals surface area (Å²) in [5.41, 5.74) is 1.71. The van der Waals surface area contributed by atoms with Crippen LogP contribution in [-0.4, -0.2) is 50.5 Å². The minimum Gasteiger partial charge on any atom is -0.354 e. The molecule has 0 spiro atoms. The quantitative estimate of drug-likeness (QED) is 0.570. The lowest BCUT2D eigenvalue weighted by atomic mass is 10.1. The topological polar surface area (TPSA) is 86.8 Å². The number of sulfonamides is 1. The fraction of sp³-hybridized carbons (Fsp3) is 0.417. The maximum atomic E-state index is 13.4. The van der Waals surface area contributed by atoms with Crippen molar-refractivity contribution in [1.29, 1.82) is 0 Å². The number of hydrogen-bond donors (Lipinski definition) is 1. The number of aryl methyl sites for hydroxylation is 1. The Morgan fingerprint density at radius 3 is 2.18 bits per heavy atom. The summed E-state index contributed by atoms with van der Waals surface area (Å²) in [4.78, 5) is 27.5. The molecule has 33 heavy (non-hydrogen) atoms. The van der Waals surface area contributed by atoms with Crippen molar-refractivity contribution in [2.75, 3.05) is 23.7 Å². The lowest BCUT2D eigenvalue weighted by Gasteiger charge is -2.32. The molecule has 0 unspecified atom stereocenters. The van der Waals surface area contributed by atoms with Crippen LogP contribution >= 0.6 is 0 Å². The maximum Gasteiger partial charge on any atom is 0.244 e. The molecular weight excluding hydrogens is 445 g/mol. The Kier molecular flexibility index (Phi) is 8.99. The fourth-order valence-electron chi connectivity index (χ4n) is 3.26. The Bertz CT molecular complexity index is 1070. The second kappa shape index (κ2) is 11.3. The largest absolute Gasteiger partial charge is 0.354 e. The Morgan fingerprint density at radius 2 is 1.64 bits per heavy atom. The van der Waals surface area contributed by atoms with Crippen molar-refractivity contribution in [3.63, 3.8) is 0 Å². The van der Waals surface area contributed by atoms with Gasteiger partial charge in [0.2, 0.25) is 21.8 Å². The summed E-state index contributed by atoms with van der Waals surface area (Å²) in [6, 6.07) is 11.6. The number of nitrogens with one attached hydrogen (secondary N) is 1. The molecule has 0 heterocycles. The monoisotopic (exact) mass is 477 g/mol. The van der Waals surface area contributed by atoms with Crippen LogP contribution in [-0.2, 0) is 26.2 Å². The zero-order valence-corrected chi connectivity index (χ0v) is 20.5. The van der Waals surface area contributed by atoms with Gasteiger partial charge in [-0.15, -0.1) is 0 Å². The van der Waals surface area contributed by atoms with Crippen LogP contribution in [0.15, 0.2) is 48.5 Å². The second-order valence-corrected chi connectivity index (χ2v) is 10.4. The Labute approximate surface area is 195 Å². The van der Waals surface area contributed by atoms with Gasteiger partial charge in [-0.25, -0.2) is 12.8 Å². The zero-order valence-electron chi connectivity index (χ0n) is 19.7. The zero-order chi connectivity index (χ0) is 24.8. The molecule has 2 rings (SSSR count). The van der Waals surface area contributed by atoms with E-state index in [1.165, 1.54) is 29.2 Å². The highest BCUT2D eigenvalue weighted by Crippen LogP contribution is 2.23. The first-order valence-corrected chi connectivity index (χ1v) is 12.6. The number of rotatable bonds is 10. The second-order valence-electron chi connectivity index (χ2n) is 8.52. The van der Waals surface area contributed by atoms with Crippen LogP contribution in [0.25, 0.3) is 0 Å². The molecule has 0 aromatic heterocycles. The number of halogens is 1. The van der Waals surface area contributed by atoms with Crippen LogP contribution < -0.4 is 9.62 Å². The normalized spacial score (nSPS) is 12.3. The van der Waals surface area contributed by atoms with Gasteiger partial charge in [-0.3, -0.25) is 13.9 Å². The van der Waals surface area contributed by atoms with E-state index < -0.39 is 34.3 Å². The summed E-state index contributed by atoms with van der Waals surface area (Å²) in [6.45, 7) is 7.27. The third-order valence-electron chi connectivity index (χ3n) is 5.18. The van der Waals surface area contributed by atoms with Crippen LogP contribution in [0.2, 0.25) is 0 Å². The molecule has 0 saturated heterocycles. The van der Waals surface area contributed by atoms with Crippen LogP contribution in [0.3, 0.4) is 0 Å². The minimum atomic E-state index is -3.78. The van der Waals surface area contributed by atoms with E-state index in [2.05, 4.69) is 5.32 Å². The van der Waals surface area contributed by atoms with E-state index in [1.807, 2.05) is 13.8 Å². The van der Waals surface area contributed by atoms with E-state index in [9.17, 15) is 22.4 Å². The molecule has 9 heteroatoms. The Morgan fingerprint density at radius 1 is 1.03 bits per heavy atom. The summed E-state index contributed by atoms with van der Waals surface area (Å²) in [6.07, 6.45) is 1.04. The maximum absolute atomic E-state index is 13.4. The van der Waals surface area contributed by atoms with Crippen molar-refractivity contribution in [2.24, 2.45) is 5.92 Å². The van der Waals surface area contributed by atoms with Gasteiger partial charge in [0.25, 0.3) is 0 Å². The first kappa shape index (κ1) is 26.3. The van der Waals surface area contributed by atoms with Crippen molar-refractivity contribution < 1.29 is 22.4 Å². The van der Waals surface area contributed by atoms with E-state index in [0.29, 0.717) is 23.4 Å².